The predicted molar refractivity (Wildman–Crippen MR) is 229 cm³/mol. The predicted octanol–water partition coefficient (Wildman–Crippen LogP) is 15.1. The first-order valence-corrected chi connectivity index (χ1v) is 23.9. The fourth-order valence-electron chi connectivity index (χ4n) is 7.16. The van der Waals surface area contributed by atoms with Gasteiger partial charge in [-0.3, -0.25) is 14.4 Å². The van der Waals surface area contributed by atoms with E-state index < -0.39 is 6.10 Å². The Morgan fingerprint density at radius 2 is 0.611 bits per heavy atom. The highest BCUT2D eigenvalue weighted by molar-refractivity contribution is 5.71. The molecule has 0 fully saturated rings. The highest BCUT2D eigenvalue weighted by Crippen LogP contribution is 2.16. The lowest BCUT2D eigenvalue weighted by molar-refractivity contribution is -0.167. The van der Waals surface area contributed by atoms with Crippen LogP contribution in [0.2, 0.25) is 0 Å². The van der Waals surface area contributed by atoms with Gasteiger partial charge in [-0.2, -0.15) is 0 Å². The molecule has 0 radical (unpaired) electrons. The van der Waals surface area contributed by atoms with Gasteiger partial charge < -0.3 is 14.2 Å². The number of unbranched alkanes of at least 4 members (excludes halogenated alkanes) is 30. The van der Waals surface area contributed by atoms with Gasteiger partial charge in [-0.05, 0) is 25.2 Å². The molecule has 0 saturated heterocycles. The molecule has 54 heavy (non-hydrogen) atoms. The quantitative estimate of drug-likeness (QED) is 0.0349. The Kier molecular flexibility index (Phi) is 41.3. The first-order chi connectivity index (χ1) is 26.4. The number of hydrogen-bond acceptors (Lipinski definition) is 6. The first kappa shape index (κ1) is 52.4. The zero-order chi connectivity index (χ0) is 39.6. The molecule has 0 aromatic rings. The van der Waals surface area contributed by atoms with Crippen molar-refractivity contribution in [3.8, 4) is 0 Å². The Morgan fingerprint density at radius 1 is 0.352 bits per heavy atom. The van der Waals surface area contributed by atoms with Crippen LogP contribution in [0.25, 0.3) is 0 Å². The third kappa shape index (κ3) is 41.6. The summed E-state index contributed by atoms with van der Waals surface area (Å²) in [6.07, 6.45) is 42.4. The summed E-state index contributed by atoms with van der Waals surface area (Å²) in [5, 5.41) is 0. The Morgan fingerprint density at radius 3 is 0.907 bits per heavy atom. The van der Waals surface area contributed by atoms with Crippen LogP contribution in [0.4, 0.5) is 0 Å². The normalized spacial score (nSPS) is 11.9. The van der Waals surface area contributed by atoms with Crippen LogP contribution in [-0.4, -0.2) is 37.2 Å². The molecule has 6 nitrogen and oxygen atoms in total. The lowest BCUT2D eigenvalue weighted by atomic mass is 10.0. The molecule has 0 heterocycles. The van der Waals surface area contributed by atoms with Crippen molar-refractivity contribution in [2.24, 2.45) is 5.92 Å². The summed E-state index contributed by atoms with van der Waals surface area (Å²) in [7, 11) is 0. The highest BCUT2D eigenvalue weighted by atomic mass is 16.6. The molecule has 0 aromatic heterocycles. The van der Waals surface area contributed by atoms with Crippen LogP contribution < -0.4 is 0 Å². The molecule has 0 aliphatic rings. The van der Waals surface area contributed by atoms with Gasteiger partial charge in [0.1, 0.15) is 13.2 Å². The summed E-state index contributed by atoms with van der Waals surface area (Å²) in [5.41, 5.74) is 0. The number of ether oxygens (including phenoxy) is 3. The molecule has 320 valence electrons. The molecule has 6 heteroatoms. The largest absolute Gasteiger partial charge is 0.462 e. The SMILES string of the molecule is CCCCCCCCCCCCCCCCCC(=O)O[C@H](COC(=O)CCCCCCCCCCCCCC)COC(=O)CCCCCCCCC(C)C. The van der Waals surface area contributed by atoms with Crippen molar-refractivity contribution in [3.05, 3.63) is 0 Å². The van der Waals surface area contributed by atoms with Gasteiger partial charge >= 0.3 is 17.9 Å². The van der Waals surface area contributed by atoms with Gasteiger partial charge in [0, 0.05) is 19.3 Å². The maximum atomic E-state index is 12.7. The average Bonchev–Trinajstić information content (AvgIpc) is 3.15. The van der Waals surface area contributed by atoms with Crippen molar-refractivity contribution >= 4 is 17.9 Å². The fourth-order valence-corrected chi connectivity index (χ4v) is 7.16. The Hall–Kier alpha value is -1.59. The third-order valence-electron chi connectivity index (χ3n) is 10.8. The molecule has 0 rings (SSSR count). The van der Waals surface area contributed by atoms with E-state index >= 15 is 0 Å². The number of hydrogen-bond donors (Lipinski definition) is 0. The van der Waals surface area contributed by atoms with Crippen molar-refractivity contribution in [2.45, 2.75) is 271 Å². The molecule has 0 aliphatic carbocycles. The summed E-state index contributed by atoms with van der Waals surface area (Å²) < 4.78 is 16.7. The monoisotopic (exact) mass is 765 g/mol. The number of carbonyl (C=O) groups excluding carboxylic acids is 3. The fraction of sp³-hybridized carbons (Fsp3) is 0.938. The van der Waals surface area contributed by atoms with Gasteiger partial charge in [0.25, 0.3) is 0 Å². The van der Waals surface area contributed by atoms with Gasteiger partial charge in [0.2, 0.25) is 0 Å². The first-order valence-electron chi connectivity index (χ1n) is 23.9. The Balaban J connectivity index is 4.30. The van der Waals surface area contributed by atoms with Gasteiger partial charge in [-0.25, -0.2) is 0 Å². The minimum Gasteiger partial charge on any atom is -0.462 e. The van der Waals surface area contributed by atoms with Gasteiger partial charge in [0.05, 0.1) is 0 Å². The van der Waals surface area contributed by atoms with Crippen LogP contribution in [0.5, 0.6) is 0 Å². The zero-order valence-corrected chi connectivity index (χ0v) is 36.7. The van der Waals surface area contributed by atoms with E-state index in [4.69, 9.17) is 14.2 Å². The van der Waals surface area contributed by atoms with Crippen molar-refractivity contribution in [2.75, 3.05) is 13.2 Å². The molecule has 0 aliphatic heterocycles. The highest BCUT2D eigenvalue weighted by Gasteiger charge is 2.19. The summed E-state index contributed by atoms with van der Waals surface area (Å²) >= 11 is 0. The van der Waals surface area contributed by atoms with E-state index in [0.717, 1.165) is 63.7 Å². The van der Waals surface area contributed by atoms with E-state index in [1.165, 1.54) is 161 Å². The number of rotatable bonds is 43. The van der Waals surface area contributed by atoms with Gasteiger partial charge in [-0.1, -0.05) is 227 Å². The molecule has 0 N–H and O–H groups in total. The molecule has 0 spiro atoms. The Labute approximate surface area is 336 Å². The maximum absolute atomic E-state index is 12.7. The van der Waals surface area contributed by atoms with E-state index in [1.54, 1.807) is 0 Å². The van der Waals surface area contributed by atoms with Crippen LogP contribution in [0.3, 0.4) is 0 Å². The second-order valence-corrected chi connectivity index (χ2v) is 16.9. The summed E-state index contributed by atoms with van der Waals surface area (Å²) in [5.74, 6) is -0.0916. The van der Waals surface area contributed by atoms with E-state index in [1.807, 2.05) is 0 Å². The van der Waals surface area contributed by atoms with Crippen LogP contribution in [0.1, 0.15) is 265 Å². The number of carbonyl (C=O) groups is 3. The summed E-state index contributed by atoms with van der Waals surface area (Å²) in [4.78, 5) is 37.7. The average molecular weight is 765 g/mol. The van der Waals surface area contributed by atoms with Crippen molar-refractivity contribution in [3.63, 3.8) is 0 Å². The standard InChI is InChI=1S/C48H92O6/c1-5-7-9-11-13-15-17-19-20-21-23-25-27-33-37-41-48(51)54-45(43-53-47(50)40-36-32-29-28-30-34-38-44(3)4)42-52-46(49)39-35-31-26-24-22-18-16-14-12-10-8-6-2/h44-45H,5-43H2,1-4H3/t45-/m1/s1. The molecule has 0 amide bonds. The third-order valence-corrected chi connectivity index (χ3v) is 10.8. The molecule has 0 saturated carbocycles. The lowest BCUT2D eigenvalue weighted by Crippen LogP contribution is -2.30. The molecular formula is C48H92O6. The molecule has 0 unspecified atom stereocenters. The van der Waals surface area contributed by atoms with E-state index in [9.17, 15) is 14.4 Å². The second kappa shape index (κ2) is 42.6. The zero-order valence-electron chi connectivity index (χ0n) is 36.7. The maximum Gasteiger partial charge on any atom is 0.306 e. The number of esters is 3. The smallest absolute Gasteiger partial charge is 0.306 e. The second-order valence-electron chi connectivity index (χ2n) is 16.9. The van der Waals surface area contributed by atoms with Crippen LogP contribution in [0, 0.1) is 5.92 Å². The topological polar surface area (TPSA) is 78.9 Å². The molecule has 0 bridgehead atoms. The van der Waals surface area contributed by atoms with E-state index in [0.29, 0.717) is 19.3 Å². The molecular weight excluding hydrogens is 673 g/mol. The summed E-state index contributed by atoms with van der Waals surface area (Å²) in [6, 6.07) is 0. The minimum absolute atomic E-state index is 0.0641. The minimum atomic E-state index is -0.760. The lowest BCUT2D eigenvalue weighted by Gasteiger charge is -2.18. The van der Waals surface area contributed by atoms with Crippen LogP contribution in [0.15, 0.2) is 0 Å². The van der Waals surface area contributed by atoms with Crippen molar-refractivity contribution in [1.82, 2.24) is 0 Å². The molecule has 0 aromatic carbocycles. The van der Waals surface area contributed by atoms with E-state index in [-0.39, 0.29) is 31.1 Å². The van der Waals surface area contributed by atoms with Crippen molar-refractivity contribution in [1.29, 1.82) is 0 Å². The van der Waals surface area contributed by atoms with E-state index in [2.05, 4.69) is 27.7 Å². The van der Waals surface area contributed by atoms with Crippen LogP contribution >= 0.6 is 0 Å². The van der Waals surface area contributed by atoms with Crippen molar-refractivity contribution < 1.29 is 28.6 Å². The summed E-state index contributed by atoms with van der Waals surface area (Å²) in [6.45, 7) is 8.94. The van der Waals surface area contributed by atoms with Crippen LogP contribution in [-0.2, 0) is 28.6 Å². The Bertz CT molecular complexity index is 811. The van der Waals surface area contributed by atoms with Gasteiger partial charge in [0.15, 0.2) is 6.10 Å². The van der Waals surface area contributed by atoms with Gasteiger partial charge in [-0.15, -0.1) is 0 Å². The molecule has 1 atom stereocenters.